The van der Waals surface area contributed by atoms with Crippen LogP contribution in [-0.4, -0.2) is 79.2 Å². The van der Waals surface area contributed by atoms with Crippen molar-refractivity contribution < 1.29 is 19.5 Å². The lowest BCUT2D eigenvalue weighted by Crippen LogP contribution is -2.58. The van der Waals surface area contributed by atoms with Crippen LogP contribution >= 0.6 is 27.7 Å². The number of anilines is 1. The van der Waals surface area contributed by atoms with E-state index in [2.05, 4.69) is 29.1 Å². The molecule has 3 saturated heterocycles. The minimum atomic E-state index is -0.841. The summed E-state index contributed by atoms with van der Waals surface area (Å²) in [6, 6.07) is 14.4. The van der Waals surface area contributed by atoms with Crippen LogP contribution in [0, 0.1) is 25.7 Å². The Kier molecular flexibility index (Phi) is 9.78. The van der Waals surface area contributed by atoms with E-state index in [-0.39, 0.29) is 41.0 Å². The highest BCUT2D eigenvalue weighted by molar-refractivity contribution is 9.09. The summed E-state index contributed by atoms with van der Waals surface area (Å²) >= 11 is 5.50. The largest absolute Gasteiger partial charge is 0.394 e. The van der Waals surface area contributed by atoms with Crippen molar-refractivity contribution in [2.45, 2.75) is 67.1 Å². The van der Waals surface area contributed by atoms with Gasteiger partial charge in [0, 0.05) is 35.4 Å². The lowest BCUT2D eigenvalue weighted by Gasteiger charge is -2.40. The average Bonchev–Trinajstić information content (AvgIpc) is 3.61. The van der Waals surface area contributed by atoms with E-state index < -0.39 is 28.7 Å². The second kappa shape index (κ2) is 13.2. The summed E-state index contributed by atoms with van der Waals surface area (Å²) < 4.78 is -0.820. The standard InChI is InChI=1S/C35H42BrN3O4S/c1-6-16-37(20-24-12-10-9-11-13-24)32(41)28-29-33(42)39(25(8-3)21-40)31(35(29)19-26(36)30(28)44-35)34(43)38(17-7-2)27-18-22(4)14-15-23(27)5/h6-7,9-15,18,25-26,28-31,40H,1-2,8,16-17,19-21H2,3-5H3/t25-,26?,28-,29-,30-,31?,35?/m0/s1. The smallest absolute Gasteiger partial charge is 0.251 e. The number of hydrogen-bond donors (Lipinski definition) is 1. The molecule has 1 spiro atoms. The molecule has 3 fully saturated rings. The van der Waals surface area contributed by atoms with Crippen LogP contribution in [0.1, 0.15) is 36.5 Å². The van der Waals surface area contributed by atoms with Crippen LogP contribution in [0.15, 0.2) is 73.8 Å². The van der Waals surface area contributed by atoms with Gasteiger partial charge in [-0.3, -0.25) is 14.4 Å². The van der Waals surface area contributed by atoms with E-state index in [0.717, 1.165) is 22.4 Å². The van der Waals surface area contributed by atoms with Crippen LogP contribution in [0.25, 0.3) is 0 Å². The number of alkyl halides is 1. The molecular formula is C35H42BrN3O4S. The second-order valence-corrected chi connectivity index (χ2v) is 14.9. The molecule has 9 heteroatoms. The van der Waals surface area contributed by atoms with Crippen molar-refractivity contribution in [1.29, 1.82) is 0 Å². The lowest BCUT2D eigenvalue weighted by atomic mass is 9.70. The number of carbonyl (C=O) groups is 3. The minimum absolute atomic E-state index is 0.0502. The number of fused-ring (bicyclic) bond motifs is 1. The third-order valence-corrected chi connectivity index (χ3v) is 12.7. The van der Waals surface area contributed by atoms with E-state index in [1.807, 2.05) is 69.3 Å². The number of nitrogens with zero attached hydrogens (tertiary/aromatic N) is 3. The molecule has 3 aliphatic rings. The Morgan fingerprint density at radius 3 is 2.48 bits per heavy atom. The molecule has 0 radical (unpaired) electrons. The van der Waals surface area contributed by atoms with E-state index >= 15 is 0 Å². The van der Waals surface area contributed by atoms with E-state index in [1.165, 1.54) is 0 Å². The highest BCUT2D eigenvalue weighted by Gasteiger charge is 2.76. The number of amides is 3. The van der Waals surface area contributed by atoms with Gasteiger partial charge in [0.25, 0.3) is 5.91 Å². The summed E-state index contributed by atoms with van der Waals surface area (Å²) in [6.07, 6.45) is 4.48. The third kappa shape index (κ3) is 5.45. The van der Waals surface area contributed by atoms with E-state index in [4.69, 9.17) is 0 Å². The quantitative estimate of drug-likeness (QED) is 0.244. The Bertz CT molecular complexity index is 1430. The molecule has 1 N–H and O–H groups in total. The summed E-state index contributed by atoms with van der Waals surface area (Å²) in [5, 5.41) is 10.3. The molecule has 44 heavy (non-hydrogen) atoms. The normalized spacial score (nSPS) is 27.6. The maximum absolute atomic E-state index is 14.9. The van der Waals surface area contributed by atoms with Gasteiger partial charge in [-0.05, 0) is 49.4 Å². The van der Waals surface area contributed by atoms with Crippen LogP contribution in [0.5, 0.6) is 0 Å². The van der Waals surface area contributed by atoms with Gasteiger partial charge in [0.1, 0.15) is 6.04 Å². The van der Waals surface area contributed by atoms with Crippen LogP contribution in [0.4, 0.5) is 5.69 Å². The van der Waals surface area contributed by atoms with Gasteiger partial charge in [-0.15, -0.1) is 24.9 Å². The molecule has 3 heterocycles. The van der Waals surface area contributed by atoms with Crippen molar-refractivity contribution in [2.24, 2.45) is 11.8 Å². The lowest BCUT2D eigenvalue weighted by molar-refractivity contribution is -0.145. The Hall–Kier alpha value is -2.88. The molecule has 3 aliphatic heterocycles. The zero-order valence-electron chi connectivity index (χ0n) is 25.7. The molecule has 7 nitrogen and oxygen atoms in total. The molecular weight excluding hydrogens is 638 g/mol. The van der Waals surface area contributed by atoms with Crippen LogP contribution in [0.2, 0.25) is 0 Å². The Balaban J connectivity index is 1.60. The fourth-order valence-electron chi connectivity index (χ4n) is 7.43. The van der Waals surface area contributed by atoms with Crippen molar-refractivity contribution in [3.8, 4) is 0 Å². The number of thioether (sulfide) groups is 1. The number of rotatable bonds is 12. The molecule has 3 amide bonds. The number of aryl methyl sites for hydroxylation is 2. The van der Waals surface area contributed by atoms with Gasteiger partial charge in [-0.25, -0.2) is 0 Å². The first-order valence-corrected chi connectivity index (χ1v) is 17.1. The SMILES string of the molecule is C=CCN(Cc1ccccc1)C(=O)[C@H]1[C@H]2C(=O)N([C@@H](CC)CO)C(C(=O)N(CC=C)c3cc(C)ccc3C)C23CC(Br)[C@@H]1S3. The van der Waals surface area contributed by atoms with Crippen molar-refractivity contribution in [3.63, 3.8) is 0 Å². The van der Waals surface area contributed by atoms with Gasteiger partial charge < -0.3 is 19.8 Å². The minimum Gasteiger partial charge on any atom is -0.394 e. The highest BCUT2D eigenvalue weighted by Crippen LogP contribution is 2.68. The Morgan fingerprint density at radius 1 is 1.14 bits per heavy atom. The predicted octanol–water partition coefficient (Wildman–Crippen LogP) is 5.27. The third-order valence-electron chi connectivity index (χ3n) is 9.43. The molecule has 3 unspecified atom stereocenters. The van der Waals surface area contributed by atoms with Crippen LogP contribution in [0.3, 0.4) is 0 Å². The fraction of sp³-hybridized carbons (Fsp3) is 0.457. The van der Waals surface area contributed by atoms with Crippen molar-refractivity contribution in [2.75, 3.05) is 24.6 Å². The number of halogens is 1. The zero-order valence-corrected chi connectivity index (χ0v) is 28.1. The van der Waals surface area contributed by atoms with E-state index in [0.29, 0.717) is 25.9 Å². The molecule has 0 aromatic heterocycles. The van der Waals surface area contributed by atoms with Gasteiger partial charge in [-0.2, -0.15) is 0 Å². The van der Waals surface area contributed by atoms with Crippen molar-refractivity contribution >= 4 is 51.1 Å². The number of aliphatic hydroxyl groups excluding tert-OH is 1. The van der Waals surface area contributed by atoms with Gasteiger partial charge in [-0.1, -0.05) is 77.5 Å². The molecule has 0 aliphatic carbocycles. The van der Waals surface area contributed by atoms with E-state index in [9.17, 15) is 19.5 Å². The van der Waals surface area contributed by atoms with Crippen LogP contribution in [-0.2, 0) is 20.9 Å². The van der Waals surface area contributed by atoms with Crippen LogP contribution < -0.4 is 4.90 Å². The van der Waals surface area contributed by atoms with Gasteiger partial charge in [0.15, 0.2) is 0 Å². The van der Waals surface area contributed by atoms with Gasteiger partial charge in [0.2, 0.25) is 11.8 Å². The summed E-state index contributed by atoms with van der Waals surface area (Å²) in [7, 11) is 0. The topological polar surface area (TPSA) is 81.2 Å². The Morgan fingerprint density at radius 2 is 1.84 bits per heavy atom. The summed E-state index contributed by atoms with van der Waals surface area (Å²) in [6.45, 7) is 14.5. The molecule has 2 aromatic carbocycles. The van der Waals surface area contributed by atoms with Gasteiger partial charge in [0.05, 0.1) is 29.2 Å². The number of hydrogen-bond acceptors (Lipinski definition) is 5. The molecule has 5 rings (SSSR count). The maximum atomic E-state index is 14.9. The average molecular weight is 681 g/mol. The molecule has 7 atom stereocenters. The number of carbonyl (C=O) groups excluding carboxylic acids is 3. The first-order valence-electron chi connectivity index (χ1n) is 15.3. The van der Waals surface area contributed by atoms with Gasteiger partial charge >= 0.3 is 0 Å². The monoisotopic (exact) mass is 679 g/mol. The number of benzene rings is 2. The summed E-state index contributed by atoms with van der Waals surface area (Å²) in [5.74, 6) is -1.80. The second-order valence-electron chi connectivity index (χ2n) is 12.2. The predicted molar refractivity (Wildman–Crippen MR) is 181 cm³/mol. The van der Waals surface area contributed by atoms with Crippen molar-refractivity contribution in [1.82, 2.24) is 9.80 Å². The summed E-state index contributed by atoms with van der Waals surface area (Å²) in [5.41, 5.74) is 3.74. The first kappa shape index (κ1) is 32.5. The number of aliphatic hydroxyl groups is 1. The summed E-state index contributed by atoms with van der Waals surface area (Å²) in [4.78, 5) is 49.2. The maximum Gasteiger partial charge on any atom is 0.251 e. The Labute approximate surface area is 273 Å². The zero-order chi connectivity index (χ0) is 31.8. The molecule has 2 bridgehead atoms. The highest BCUT2D eigenvalue weighted by atomic mass is 79.9. The number of likely N-dealkylation sites (tertiary alicyclic amines) is 1. The van der Waals surface area contributed by atoms with Crippen molar-refractivity contribution in [3.05, 3.63) is 90.5 Å². The fourth-order valence-corrected chi connectivity index (χ4v) is 11.0. The molecule has 234 valence electrons. The first-order chi connectivity index (χ1) is 21.1. The molecule has 0 saturated carbocycles. The van der Waals surface area contributed by atoms with E-state index in [1.54, 1.807) is 38.6 Å². The molecule has 2 aromatic rings.